The maximum absolute atomic E-state index is 3.51. The van der Waals surface area contributed by atoms with Crippen molar-refractivity contribution in [3.05, 3.63) is 29.8 Å². The summed E-state index contributed by atoms with van der Waals surface area (Å²) >= 11 is 0. The van der Waals surface area contributed by atoms with Crippen LogP contribution in [-0.2, 0) is 6.42 Å². The van der Waals surface area contributed by atoms with Crippen LogP contribution >= 0.6 is 0 Å². The summed E-state index contributed by atoms with van der Waals surface area (Å²) in [4.78, 5) is 2.64. The van der Waals surface area contributed by atoms with E-state index in [-0.39, 0.29) is 0 Å². The fourth-order valence-corrected chi connectivity index (χ4v) is 3.26. The molecule has 0 bridgehead atoms. The zero-order chi connectivity index (χ0) is 11.1. The van der Waals surface area contributed by atoms with E-state index >= 15 is 0 Å². The maximum Gasteiger partial charge on any atom is 0.0455 e. The van der Waals surface area contributed by atoms with Crippen LogP contribution in [0.15, 0.2) is 24.3 Å². The summed E-state index contributed by atoms with van der Waals surface area (Å²) in [6, 6.07) is 10.2. The Morgan fingerprint density at radius 1 is 1.19 bits per heavy atom. The van der Waals surface area contributed by atoms with Crippen LogP contribution in [-0.4, -0.2) is 25.2 Å². The minimum atomic E-state index is 0.657. The van der Waals surface area contributed by atoms with E-state index in [1.54, 1.807) is 0 Å². The highest BCUT2D eigenvalue weighted by Gasteiger charge is 2.36. The Kier molecular flexibility index (Phi) is 2.40. The number of anilines is 1. The average Bonchev–Trinajstić information content (AvgIpc) is 2.81. The molecule has 0 radical (unpaired) electrons. The number of benzene rings is 1. The average molecular weight is 216 g/mol. The molecule has 2 nitrogen and oxygen atoms in total. The van der Waals surface area contributed by atoms with Gasteiger partial charge in [-0.25, -0.2) is 0 Å². The van der Waals surface area contributed by atoms with Crippen molar-refractivity contribution >= 4 is 5.69 Å². The second kappa shape index (κ2) is 3.77. The Hall–Kier alpha value is -1.02. The molecule has 3 rings (SSSR count). The van der Waals surface area contributed by atoms with Crippen molar-refractivity contribution in [3.8, 4) is 0 Å². The highest BCUT2D eigenvalue weighted by atomic mass is 15.2. The lowest BCUT2D eigenvalue weighted by molar-refractivity contribution is 0.486. The molecule has 2 aliphatic rings. The van der Waals surface area contributed by atoms with Crippen molar-refractivity contribution in [1.29, 1.82) is 0 Å². The first-order valence-electron chi connectivity index (χ1n) is 6.34. The van der Waals surface area contributed by atoms with E-state index in [0.717, 1.165) is 19.0 Å². The monoisotopic (exact) mass is 216 g/mol. The van der Waals surface area contributed by atoms with Gasteiger partial charge in [-0.2, -0.15) is 0 Å². The lowest BCUT2D eigenvalue weighted by Gasteiger charge is -2.33. The fraction of sp³-hybridized carbons (Fsp3) is 0.571. The normalized spacial score (nSPS) is 33.1. The van der Waals surface area contributed by atoms with E-state index in [0.29, 0.717) is 12.1 Å². The highest BCUT2D eigenvalue weighted by molar-refractivity contribution is 5.60. The topological polar surface area (TPSA) is 15.3 Å². The van der Waals surface area contributed by atoms with Crippen LogP contribution < -0.4 is 10.2 Å². The SMILES string of the molecule is CC1CNCC1N1c2ccccc2CC1C. The number of nitrogens with one attached hydrogen (secondary N) is 1. The molecule has 1 N–H and O–H groups in total. The van der Waals surface area contributed by atoms with Crippen molar-refractivity contribution in [2.45, 2.75) is 32.4 Å². The largest absolute Gasteiger partial charge is 0.364 e. The molecule has 1 aromatic carbocycles. The molecule has 2 heterocycles. The zero-order valence-corrected chi connectivity index (χ0v) is 10.1. The number of hydrogen-bond acceptors (Lipinski definition) is 2. The van der Waals surface area contributed by atoms with E-state index in [9.17, 15) is 0 Å². The molecular weight excluding hydrogens is 196 g/mol. The Morgan fingerprint density at radius 3 is 2.75 bits per heavy atom. The molecule has 3 unspecified atom stereocenters. The molecule has 0 saturated carbocycles. The highest BCUT2D eigenvalue weighted by Crippen LogP contribution is 2.35. The quantitative estimate of drug-likeness (QED) is 0.773. The molecule has 1 saturated heterocycles. The standard InChI is InChI=1S/C14H20N2/c1-10-8-15-9-14(10)16-11(2)7-12-5-3-4-6-13(12)16/h3-6,10-11,14-15H,7-9H2,1-2H3. The molecule has 1 aromatic rings. The molecule has 2 aliphatic heterocycles. The fourth-order valence-electron chi connectivity index (χ4n) is 3.26. The lowest BCUT2D eigenvalue weighted by atomic mass is 10.0. The molecule has 0 aromatic heterocycles. The third-order valence-corrected chi connectivity index (χ3v) is 4.09. The molecule has 0 aliphatic carbocycles. The summed E-state index contributed by atoms with van der Waals surface area (Å²) < 4.78 is 0. The molecule has 0 spiro atoms. The number of fused-ring (bicyclic) bond motifs is 1. The van der Waals surface area contributed by atoms with Crippen molar-refractivity contribution < 1.29 is 0 Å². The van der Waals surface area contributed by atoms with E-state index < -0.39 is 0 Å². The van der Waals surface area contributed by atoms with Crippen LogP contribution in [0.25, 0.3) is 0 Å². The van der Waals surface area contributed by atoms with Gasteiger partial charge in [-0.15, -0.1) is 0 Å². The third kappa shape index (κ3) is 1.44. The molecular formula is C14H20N2. The van der Waals surface area contributed by atoms with Gasteiger partial charge in [0.15, 0.2) is 0 Å². The van der Waals surface area contributed by atoms with Gasteiger partial charge in [0.05, 0.1) is 0 Å². The van der Waals surface area contributed by atoms with Crippen LogP contribution in [0.4, 0.5) is 5.69 Å². The van der Waals surface area contributed by atoms with Crippen molar-refractivity contribution in [3.63, 3.8) is 0 Å². The predicted molar refractivity (Wildman–Crippen MR) is 67.9 cm³/mol. The van der Waals surface area contributed by atoms with E-state index in [2.05, 4.69) is 48.3 Å². The van der Waals surface area contributed by atoms with Crippen molar-refractivity contribution in [2.75, 3.05) is 18.0 Å². The van der Waals surface area contributed by atoms with Gasteiger partial charge in [0.1, 0.15) is 0 Å². The van der Waals surface area contributed by atoms with Crippen LogP contribution in [0.5, 0.6) is 0 Å². The van der Waals surface area contributed by atoms with Crippen LogP contribution in [0.2, 0.25) is 0 Å². The number of rotatable bonds is 1. The van der Waals surface area contributed by atoms with Crippen LogP contribution in [0, 0.1) is 5.92 Å². The zero-order valence-electron chi connectivity index (χ0n) is 10.1. The van der Waals surface area contributed by atoms with Gasteiger partial charge in [0, 0.05) is 24.3 Å². The first-order valence-corrected chi connectivity index (χ1v) is 6.34. The lowest BCUT2D eigenvalue weighted by Crippen LogP contribution is -2.43. The van der Waals surface area contributed by atoms with Crippen molar-refractivity contribution in [1.82, 2.24) is 5.32 Å². The van der Waals surface area contributed by atoms with Gasteiger partial charge in [0.25, 0.3) is 0 Å². The van der Waals surface area contributed by atoms with Crippen LogP contribution in [0.1, 0.15) is 19.4 Å². The predicted octanol–water partition coefficient (Wildman–Crippen LogP) is 2.05. The van der Waals surface area contributed by atoms with Crippen LogP contribution in [0.3, 0.4) is 0 Å². The van der Waals surface area contributed by atoms with Gasteiger partial charge in [-0.1, -0.05) is 25.1 Å². The van der Waals surface area contributed by atoms with E-state index in [4.69, 9.17) is 0 Å². The summed E-state index contributed by atoms with van der Waals surface area (Å²) in [5.41, 5.74) is 2.99. The summed E-state index contributed by atoms with van der Waals surface area (Å²) in [6.07, 6.45) is 1.21. The van der Waals surface area contributed by atoms with Gasteiger partial charge in [0.2, 0.25) is 0 Å². The Labute approximate surface area is 97.6 Å². The first-order chi connectivity index (χ1) is 7.77. The van der Waals surface area contributed by atoms with Gasteiger partial charge in [-0.05, 0) is 37.4 Å². The molecule has 1 fully saturated rings. The second-order valence-electron chi connectivity index (χ2n) is 5.29. The Balaban J connectivity index is 1.95. The summed E-state index contributed by atoms with van der Waals surface area (Å²) in [5, 5.41) is 3.51. The Morgan fingerprint density at radius 2 is 2.00 bits per heavy atom. The molecule has 3 atom stereocenters. The van der Waals surface area contributed by atoms with Gasteiger partial charge >= 0.3 is 0 Å². The van der Waals surface area contributed by atoms with Gasteiger partial charge < -0.3 is 10.2 Å². The summed E-state index contributed by atoms with van der Waals surface area (Å²) in [5.74, 6) is 0.758. The third-order valence-electron chi connectivity index (χ3n) is 4.09. The minimum absolute atomic E-state index is 0.657. The number of para-hydroxylation sites is 1. The van der Waals surface area contributed by atoms with E-state index in [1.807, 2.05) is 0 Å². The van der Waals surface area contributed by atoms with Gasteiger partial charge in [-0.3, -0.25) is 0 Å². The van der Waals surface area contributed by atoms with Crippen molar-refractivity contribution in [2.24, 2.45) is 5.92 Å². The molecule has 0 amide bonds. The Bertz CT molecular complexity index is 388. The summed E-state index contributed by atoms with van der Waals surface area (Å²) in [6.45, 7) is 7.01. The number of hydrogen-bond donors (Lipinski definition) is 1. The summed E-state index contributed by atoms with van der Waals surface area (Å²) in [7, 11) is 0. The minimum Gasteiger partial charge on any atom is -0.364 e. The number of nitrogens with zero attached hydrogens (tertiary/aromatic N) is 1. The molecule has 2 heteroatoms. The maximum atomic E-state index is 3.51. The van der Waals surface area contributed by atoms with E-state index in [1.165, 1.54) is 17.7 Å². The molecule has 16 heavy (non-hydrogen) atoms. The second-order valence-corrected chi connectivity index (χ2v) is 5.29. The first kappa shape index (κ1) is 10.2. The molecule has 86 valence electrons. The smallest absolute Gasteiger partial charge is 0.0455 e.